The fourth-order valence-electron chi connectivity index (χ4n) is 3.40. The Kier molecular flexibility index (Phi) is 6.38. The molecule has 0 atom stereocenters. The summed E-state index contributed by atoms with van der Waals surface area (Å²) < 4.78 is 14.1. The maximum atomic E-state index is 7.04. The van der Waals surface area contributed by atoms with Crippen LogP contribution in [-0.4, -0.2) is 16.6 Å². The average Bonchev–Trinajstić information content (AvgIpc) is 2.68. The molecular formula is C28H42O2Si2. The van der Waals surface area contributed by atoms with E-state index in [2.05, 4.69) is 117 Å². The zero-order valence-electron chi connectivity index (χ0n) is 22.1. The monoisotopic (exact) mass is 466 g/mol. The van der Waals surface area contributed by atoms with Crippen LogP contribution in [0.1, 0.15) is 54.0 Å². The first-order valence-corrected chi connectivity index (χ1v) is 17.8. The summed E-state index contributed by atoms with van der Waals surface area (Å²) in [7, 11) is -4.06. The second kappa shape index (κ2) is 8.21. The van der Waals surface area contributed by atoms with Crippen molar-refractivity contribution in [1.82, 2.24) is 0 Å². The van der Waals surface area contributed by atoms with Crippen LogP contribution in [-0.2, 0) is 6.42 Å². The second-order valence-corrected chi connectivity index (χ2v) is 21.6. The van der Waals surface area contributed by atoms with E-state index in [4.69, 9.17) is 8.85 Å². The van der Waals surface area contributed by atoms with Gasteiger partial charge in [0.1, 0.15) is 11.5 Å². The number of hydrogen-bond donors (Lipinski definition) is 0. The van der Waals surface area contributed by atoms with Crippen molar-refractivity contribution in [3.63, 3.8) is 0 Å². The summed E-state index contributed by atoms with van der Waals surface area (Å²) in [4.78, 5) is 0. The van der Waals surface area contributed by atoms with E-state index in [1.165, 1.54) is 16.3 Å². The van der Waals surface area contributed by atoms with Crippen LogP contribution in [0.5, 0.6) is 11.5 Å². The quantitative estimate of drug-likeness (QED) is 0.275. The van der Waals surface area contributed by atoms with Crippen LogP contribution in [0.4, 0.5) is 0 Å². The third-order valence-corrected chi connectivity index (χ3v) is 16.4. The summed E-state index contributed by atoms with van der Waals surface area (Å²) in [6.07, 6.45) is 1.00. The van der Waals surface area contributed by atoms with Gasteiger partial charge in [0.15, 0.2) is 0 Å². The molecule has 3 aromatic carbocycles. The van der Waals surface area contributed by atoms with Gasteiger partial charge in [-0.05, 0) is 54.3 Å². The molecule has 0 aliphatic rings. The molecule has 0 heterocycles. The molecular weight excluding hydrogens is 424 g/mol. The molecule has 0 amide bonds. The Hall–Kier alpha value is -1.79. The lowest BCUT2D eigenvalue weighted by molar-refractivity contribution is 0.494. The van der Waals surface area contributed by atoms with Gasteiger partial charge in [-0.25, -0.2) is 0 Å². The van der Waals surface area contributed by atoms with Crippen molar-refractivity contribution in [3.05, 3.63) is 48.0 Å². The van der Waals surface area contributed by atoms with E-state index in [0.29, 0.717) is 0 Å². The third-order valence-electron chi connectivity index (χ3n) is 7.72. The Balaban J connectivity index is 2.40. The first-order chi connectivity index (χ1) is 14.6. The van der Waals surface area contributed by atoms with E-state index < -0.39 is 16.6 Å². The van der Waals surface area contributed by atoms with E-state index in [9.17, 15) is 0 Å². The van der Waals surface area contributed by atoms with E-state index in [1.807, 2.05) is 0 Å². The van der Waals surface area contributed by atoms with Gasteiger partial charge in [0.2, 0.25) is 0 Å². The molecule has 0 aliphatic heterocycles. The summed E-state index contributed by atoms with van der Waals surface area (Å²) in [6, 6.07) is 15.4. The van der Waals surface area contributed by atoms with Crippen LogP contribution >= 0.6 is 0 Å². The lowest BCUT2D eigenvalue weighted by Crippen LogP contribution is -2.44. The van der Waals surface area contributed by atoms with Crippen molar-refractivity contribution in [2.24, 2.45) is 0 Å². The minimum absolute atomic E-state index is 0.124. The molecule has 0 fully saturated rings. The van der Waals surface area contributed by atoms with Gasteiger partial charge in [-0.15, -0.1) is 0 Å². The third kappa shape index (κ3) is 4.49. The average molecular weight is 467 g/mol. The van der Waals surface area contributed by atoms with Crippen LogP contribution in [0, 0.1) is 0 Å². The van der Waals surface area contributed by atoms with E-state index >= 15 is 0 Å². The molecule has 0 aliphatic carbocycles. The van der Waals surface area contributed by atoms with Crippen LogP contribution < -0.4 is 8.85 Å². The van der Waals surface area contributed by atoms with Crippen molar-refractivity contribution in [1.29, 1.82) is 0 Å². The predicted molar refractivity (Wildman–Crippen MR) is 146 cm³/mol. The van der Waals surface area contributed by atoms with E-state index in [0.717, 1.165) is 28.7 Å². The first-order valence-electron chi connectivity index (χ1n) is 11.9. The van der Waals surface area contributed by atoms with Gasteiger partial charge in [-0.1, -0.05) is 84.9 Å². The molecule has 0 unspecified atom stereocenters. The standard InChI is InChI=1S/C28H42O2Si2/c1-12-20-17-18-23-24(19-20)26(30-32(10,11)28(5,6)7)22-16-14-13-15-21(22)25(23)29-31(8,9)27(2,3)4/h13-19H,12H2,1-11H3. The molecule has 0 N–H and O–H groups in total. The minimum Gasteiger partial charge on any atom is -0.543 e. The van der Waals surface area contributed by atoms with Gasteiger partial charge in [-0.3, -0.25) is 0 Å². The summed E-state index contributed by atoms with van der Waals surface area (Å²) in [5.74, 6) is 2.05. The Bertz CT molecular complexity index is 1130. The highest BCUT2D eigenvalue weighted by Crippen LogP contribution is 2.48. The largest absolute Gasteiger partial charge is 0.543 e. The maximum absolute atomic E-state index is 7.04. The summed E-state index contributed by atoms with van der Waals surface area (Å²) in [5, 5.41) is 4.91. The number of hydrogen-bond acceptors (Lipinski definition) is 2. The number of aryl methyl sites for hydroxylation is 1. The number of fused-ring (bicyclic) bond motifs is 2. The Morgan fingerprint density at radius 3 is 1.44 bits per heavy atom. The SMILES string of the molecule is CCc1ccc2c(O[Si](C)(C)C(C)(C)C)c3ccccc3c(O[Si](C)(C)C(C)(C)C)c2c1. The van der Waals surface area contributed by atoms with Gasteiger partial charge in [0.05, 0.1) is 0 Å². The molecule has 174 valence electrons. The molecule has 0 saturated carbocycles. The van der Waals surface area contributed by atoms with Crippen molar-refractivity contribution in [2.45, 2.75) is 91.2 Å². The Labute approximate surface area is 197 Å². The minimum atomic E-state index is -2.03. The molecule has 0 bridgehead atoms. The van der Waals surface area contributed by atoms with Crippen molar-refractivity contribution in [3.8, 4) is 11.5 Å². The zero-order valence-corrected chi connectivity index (χ0v) is 24.1. The fourth-order valence-corrected chi connectivity index (χ4v) is 5.48. The van der Waals surface area contributed by atoms with Gasteiger partial charge in [0, 0.05) is 21.5 Å². The topological polar surface area (TPSA) is 18.5 Å². The predicted octanol–water partition coefficient (Wildman–Crippen LogP) is 9.32. The highest BCUT2D eigenvalue weighted by Gasteiger charge is 2.41. The highest BCUT2D eigenvalue weighted by atomic mass is 28.4. The summed E-state index contributed by atoms with van der Waals surface area (Å²) in [6.45, 7) is 25.3. The zero-order chi connectivity index (χ0) is 24.1. The lowest BCUT2D eigenvalue weighted by atomic mass is 9.98. The van der Waals surface area contributed by atoms with Gasteiger partial charge in [-0.2, -0.15) is 0 Å². The molecule has 3 aromatic rings. The molecule has 2 nitrogen and oxygen atoms in total. The number of rotatable bonds is 5. The number of benzene rings is 3. The molecule has 0 spiro atoms. The first kappa shape index (κ1) is 24.8. The van der Waals surface area contributed by atoms with Crippen LogP contribution in [0.3, 0.4) is 0 Å². The molecule has 0 radical (unpaired) electrons. The van der Waals surface area contributed by atoms with Crippen LogP contribution in [0.2, 0.25) is 36.3 Å². The van der Waals surface area contributed by atoms with E-state index in [-0.39, 0.29) is 10.1 Å². The molecule has 32 heavy (non-hydrogen) atoms. The highest BCUT2D eigenvalue weighted by molar-refractivity contribution is 6.75. The summed E-state index contributed by atoms with van der Waals surface area (Å²) >= 11 is 0. The lowest BCUT2D eigenvalue weighted by Gasteiger charge is -2.39. The molecule has 0 aromatic heterocycles. The van der Waals surface area contributed by atoms with Crippen molar-refractivity contribution in [2.75, 3.05) is 0 Å². The summed E-state index contributed by atoms with van der Waals surface area (Å²) in [5.41, 5.74) is 1.33. The van der Waals surface area contributed by atoms with Crippen molar-refractivity contribution < 1.29 is 8.85 Å². The van der Waals surface area contributed by atoms with E-state index in [1.54, 1.807) is 0 Å². The smallest absolute Gasteiger partial charge is 0.250 e. The normalized spacial score (nSPS) is 13.6. The van der Waals surface area contributed by atoms with Crippen LogP contribution in [0.25, 0.3) is 21.5 Å². The van der Waals surface area contributed by atoms with Gasteiger partial charge >= 0.3 is 0 Å². The fraction of sp³-hybridized carbons (Fsp3) is 0.500. The molecule has 0 saturated heterocycles. The Morgan fingerprint density at radius 1 is 0.625 bits per heavy atom. The van der Waals surface area contributed by atoms with Gasteiger partial charge < -0.3 is 8.85 Å². The molecule has 4 heteroatoms. The van der Waals surface area contributed by atoms with Gasteiger partial charge in [0.25, 0.3) is 16.6 Å². The Morgan fingerprint density at radius 2 is 1.03 bits per heavy atom. The molecule has 3 rings (SSSR count). The maximum Gasteiger partial charge on any atom is 0.250 e. The van der Waals surface area contributed by atoms with Crippen molar-refractivity contribution >= 4 is 38.2 Å². The van der Waals surface area contributed by atoms with Crippen LogP contribution in [0.15, 0.2) is 42.5 Å². The second-order valence-electron chi connectivity index (χ2n) is 12.2.